The van der Waals surface area contributed by atoms with Crippen LogP contribution >= 0.6 is 0 Å². The fourth-order valence-electron chi connectivity index (χ4n) is 2.15. The number of nitrogens with zero attached hydrogens (tertiary/aromatic N) is 2. The van der Waals surface area contributed by atoms with E-state index in [9.17, 15) is 8.42 Å². The lowest BCUT2D eigenvalue weighted by atomic mass is 10.3. The van der Waals surface area contributed by atoms with Crippen LogP contribution in [-0.2, 0) is 10.0 Å². The van der Waals surface area contributed by atoms with Crippen molar-refractivity contribution in [3.05, 3.63) is 0 Å². The predicted octanol–water partition coefficient (Wildman–Crippen LogP) is 0.342. The number of rotatable bonds is 7. The van der Waals surface area contributed by atoms with Crippen molar-refractivity contribution in [2.45, 2.75) is 33.2 Å². The fraction of sp³-hybridized carbons (Fsp3) is 1.00. The van der Waals surface area contributed by atoms with Crippen molar-refractivity contribution in [3.8, 4) is 0 Å². The molecule has 1 aliphatic heterocycles. The standard InChI is InChI=1S/C12H27N3O2S/c1-4-6-14-7-9-15(10-8-14)18(16,17)11-5-13-12(2)3/h12-13H,4-11H2,1-3H3. The minimum atomic E-state index is -3.07. The van der Waals surface area contributed by atoms with E-state index in [0.29, 0.717) is 25.7 Å². The molecule has 1 N–H and O–H groups in total. The monoisotopic (exact) mass is 277 g/mol. The zero-order chi connectivity index (χ0) is 13.6. The first-order valence-corrected chi connectivity index (χ1v) is 8.50. The molecule has 6 heteroatoms. The summed E-state index contributed by atoms with van der Waals surface area (Å²) in [7, 11) is -3.07. The van der Waals surface area contributed by atoms with Crippen LogP contribution in [0.5, 0.6) is 0 Å². The van der Waals surface area contributed by atoms with Gasteiger partial charge in [0.25, 0.3) is 0 Å². The first-order valence-electron chi connectivity index (χ1n) is 6.89. The van der Waals surface area contributed by atoms with E-state index in [-0.39, 0.29) is 5.75 Å². The summed E-state index contributed by atoms with van der Waals surface area (Å²) >= 11 is 0. The van der Waals surface area contributed by atoms with Crippen molar-refractivity contribution in [1.82, 2.24) is 14.5 Å². The minimum absolute atomic E-state index is 0.207. The molecular formula is C12H27N3O2S. The van der Waals surface area contributed by atoms with E-state index in [2.05, 4.69) is 17.1 Å². The fourth-order valence-corrected chi connectivity index (χ4v) is 3.51. The van der Waals surface area contributed by atoms with Gasteiger partial charge in [0.1, 0.15) is 0 Å². The molecule has 0 bridgehead atoms. The second kappa shape index (κ2) is 7.43. The third-order valence-electron chi connectivity index (χ3n) is 3.18. The van der Waals surface area contributed by atoms with Gasteiger partial charge in [-0.3, -0.25) is 0 Å². The summed E-state index contributed by atoms with van der Waals surface area (Å²) in [6, 6.07) is 0.335. The van der Waals surface area contributed by atoms with Crippen LogP contribution in [0.1, 0.15) is 27.2 Å². The van der Waals surface area contributed by atoms with E-state index in [1.807, 2.05) is 13.8 Å². The summed E-state index contributed by atoms with van der Waals surface area (Å²) in [4.78, 5) is 2.33. The summed E-state index contributed by atoms with van der Waals surface area (Å²) in [6.45, 7) is 10.8. The SMILES string of the molecule is CCCN1CCN(S(=O)(=O)CCNC(C)C)CC1. The molecule has 5 nitrogen and oxygen atoms in total. The quantitative estimate of drug-likeness (QED) is 0.729. The lowest BCUT2D eigenvalue weighted by Crippen LogP contribution is -2.50. The molecule has 1 saturated heterocycles. The summed E-state index contributed by atoms with van der Waals surface area (Å²) in [5.41, 5.74) is 0. The van der Waals surface area contributed by atoms with Gasteiger partial charge < -0.3 is 10.2 Å². The largest absolute Gasteiger partial charge is 0.313 e. The smallest absolute Gasteiger partial charge is 0.215 e. The molecular weight excluding hydrogens is 250 g/mol. The lowest BCUT2D eigenvalue weighted by Gasteiger charge is -2.33. The maximum Gasteiger partial charge on any atom is 0.215 e. The Morgan fingerprint density at radius 3 is 2.28 bits per heavy atom. The van der Waals surface area contributed by atoms with Gasteiger partial charge >= 0.3 is 0 Å². The number of hydrogen-bond donors (Lipinski definition) is 1. The molecule has 0 saturated carbocycles. The summed E-state index contributed by atoms with van der Waals surface area (Å²) < 4.78 is 25.8. The third kappa shape index (κ3) is 5.22. The van der Waals surface area contributed by atoms with Crippen molar-refractivity contribution in [2.24, 2.45) is 0 Å². The van der Waals surface area contributed by atoms with Crippen LogP contribution in [0.2, 0.25) is 0 Å². The molecule has 1 rings (SSSR count). The molecule has 0 unspecified atom stereocenters. The number of piperazine rings is 1. The highest BCUT2D eigenvalue weighted by Gasteiger charge is 2.25. The first-order chi connectivity index (χ1) is 8.45. The van der Waals surface area contributed by atoms with Gasteiger partial charge in [-0.2, -0.15) is 4.31 Å². The molecule has 0 atom stereocenters. The average molecular weight is 277 g/mol. The number of sulfonamides is 1. The van der Waals surface area contributed by atoms with Crippen LogP contribution in [0.3, 0.4) is 0 Å². The summed E-state index contributed by atoms with van der Waals surface area (Å²) in [6.07, 6.45) is 1.13. The Kier molecular flexibility index (Phi) is 6.55. The second-order valence-electron chi connectivity index (χ2n) is 5.17. The average Bonchev–Trinajstić information content (AvgIpc) is 2.29. The van der Waals surface area contributed by atoms with E-state index in [1.165, 1.54) is 0 Å². The van der Waals surface area contributed by atoms with Gasteiger partial charge in [-0.05, 0) is 13.0 Å². The predicted molar refractivity (Wildman–Crippen MR) is 75.2 cm³/mol. The maximum atomic E-state index is 12.1. The molecule has 1 fully saturated rings. The van der Waals surface area contributed by atoms with Gasteiger partial charge in [0.05, 0.1) is 5.75 Å². The number of hydrogen-bond acceptors (Lipinski definition) is 4. The Morgan fingerprint density at radius 2 is 1.78 bits per heavy atom. The minimum Gasteiger partial charge on any atom is -0.313 e. The Bertz CT molecular complexity index is 322. The highest BCUT2D eigenvalue weighted by molar-refractivity contribution is 7.89. The van der Waals surface area contributed by atoms with E-state index >= 15 is 0 Å². The molecule has 0 radical (unpaired) electrons. The van der Waals surface area contributed by atoms with Gasteiger partial charge in [0.15, 0.2) is 0 Å². The van der Waals surface area contributed by atoms with Gasteiger partial charge in [-0.1, -0.05) is 20.8 Å². The van der Waals surface area contributed by atoms with Crippen LogP contribution in [-0.4, -0.2) is 68.7 Å². The van der Waals surface area contributed by atoms with Crippen molar-refractivity contribution >= 4 is 10.0 Å². The molecule has 1 heterocycles. The van der Waals surface area contributed by atoms with Gasteiger partial charge in [0, 0.05) is 38.8 Å². The molecule has 108 valence electrons. The molecule has 0 aromatic heterocycles. The molecule has 18 heavy (non-hydrogen) atoms. The van der Waals surface area contributed by atoms with Crippen molar-refractivity contribution in [2.75, 3.05) is 45.0 Å². The molecule has 1 aliphatic rings. The van der Waals surface area contributed by atoms with Crippen molar-refractivity contribution < 1.29 is 8.42 Å². The Labute approximate surface area is 112 Å². The first kappa shape index (κ1) is 15.9. The van der Waals surface area contributed by atoms with Crippen molar-refractivity contribution in [3.63, 3.8) is 0 Å². The van der Waals surface area contributed by atoms with Crippen LogP contribution in [0.25, 0.3) is 0 Å². The summed E-state index contributed by atoms with van der Waals surface area (Å²) in [5, 5.41) is 3.15. The molecule has 0 aromatic rings. The Hall–Kier alpha value is -0.170. The van der Waals surface area contributed by atoms with E-state index in [0.717, 1.165) is 26.1 Å². The second-order valence-corrected chi connectivity index (χ2v) is 7.25. The van der Waals surface area contributed by atoms with Crippen LogP contribution < -0.4 is 5.32 Å². The van der Waals surface area contributed by atoms with Crippen LogP contribution in [0.4, 0.5) is 0 Å². The third-order valence-corrected chi connectivity index (χ3v) is 5.05. The lowest BCUT2D eigenvalue weighted by molar-refractivity contribution is 0.188. The number of nitrogens with one attached hydrogen (secondary N) is 1. The highest BCUT2D eigenvalue weighted by atomic mass is 32.2. The molecule has 0 spiro atoms. The zero-order valence-corrected chi connectivity index (χ0v) is 12.7. The summed E-state index contributed by atoms with van der Waals surface area (Å²) in [5.74, 6) is 0.207. The van der Waals surface area contributed by atoms with Crippen molar-refractivity contribution in [1.29, 1.82) is 0 Å². The normalized spacial score (nSPS) is 19.6. The van der Waals surface area contributed by atoms with Crippen LogP contribution in [0, 0.1) is 0 Å². The van der Waals surface area contributed by atoms with E-state index < -0.39 is 10.0 Å². The molecule has 0 aliphatic carbocycles. The Balaban J connectivity index is 2.36. The Morgan fingerprint density at radius 1 is 1.17 bits per heavy atom. The molecule has 0 aromatic carbocycles. The van der Waals surface area contributed by atoms with Gasteiger partial charge in [-0.15, -0.1) is 0 Å². The van der Waals surface area contributed by atoms with Gasteiger partial charge in [-0.25, -0.2) is 8.42 Å². The molecule has 0 amide bonds. The van der Waals surface area contributed by atoms with E-state index in [1.54, 1.807) is 4.31 Å². The maximum absolute atomic E-state index is 12.1. The topological polar surface area (TPSA) is 52.7 Å². The highest BCUT2D eigenvalue weighted by Crippen LogP contribution is 2.08. The zero-order valence-electron chi connectivity index (χ0n) is 11.9. The van der Waals surface area contributed by atoms with Gasteiger partial charge in [0.2, 0.25) is 10.0 Å². The van der Waals surface area contributed by atoms with E-state index in [4.69, 9.17) is 0 Å². The van der Waals surface area contributed by atoms with Crippen LogP contribution in [0.15, 0.2) is 0 Å².